The number of aromatic nitrogens is 1. The van der Waals surface area contributed by atoms with Crippen LogP contribution in [0.2, 0.25) is 0 Å². The Hall–Kier alpha value is -0.980. The Morgan fingerprint density at radius 3 is 2.56 bits per heavy atom. The van der Waals surface area contributed by atoms with Crippen molar-refractivity contribution in [2.24, 2.45) is 5.73 Å². The first-order valence-corrected chi connectivity index (χ1v) is 7.15. The van der Waals surface area contributed by atoms with Crippen LogP contribution in [0.4, 0.5) is 0 Å². The van der Waals surface area contributed by atoms with Crippen LogP contribution in [-0.2, 0) is 6.54 Å². The lowest BCUT2D eigenvalue weighted by Crippen LogP contribution is -2.48. The Balaban J connectivity index is 2.05. The van der Waals surface area contributed by atoms with Crippen LogP contribution >= 0.6 is 11.3 Å². The monoisotopic (exact) mass is 268 g/mol. The molecule has 0 atom stereocenters. The topological polar surface area (TPSA) is 62.5 Å². The standard InChI is InChI=1S/C12H20N4OS/c1-3-15-4-6-16(7-5-15)12(17)11-9(2)14-10(8-13)18-11/h3-8,13H2,1-2H3. The van der Waals surface area contributed by atoms with E-state index in [0.717, 1.165) is 48.3 Å². The summed E-state index contributed by atoms with van der Waals surface area (Å²) >= 11 is 1.43. The average Bonchev–Trinajstić information content (AvgIpc) is 2.79. The molecule has 5 nitrogen and oxygen atoms in total. The number of likely N-dealkylation sites (N-methyl/N-ethyl adjacent to an activating group) is 1. The van der Waals surface area contributed by atoms with Gasteiger partial charge in [-0.1, -0.05) is 6.92 Å². The fraction of sp³-hybridized carbons (Fsp3) is 0.667. The molecule has 18 heavy (non-hydrogen) atoms. The lowest BCUT2D eigenvalue weighted by Gasteiger charge is -2.33. The highest BCUT2D eigenvalue weighted by atomic mass is 32.1. The summed E-state index contributed by atoms with van der Waals surface area (Å²) in [6, 6.07) is 0. The number of nitrogens with zero attached hydrogens (tertiary/aromatic N) is 3. The van der Waals surface area contributed by atoms with E-state index in [9.17, 15) is 4.79 Å². The van der Waals surface area contributed by atoms with Gasteiger partial charge in [0, 0.05) is 32.7 Å². The van der Waals surface area contributed by atoms with Crippen molar-refractivity contribution in [3.05, 3.63) is 15.6 Å². The van der Waals surface area contributed by atoms with E-state index in [1.807, 2.05) is 11.8 Å². The summed E-state index contributed by atoms with van der Waals surface area (Å²) in [7, 11) is 0. The van der Waals surface area contributed by atoms with Gasteiger partial charge in [-0.15, -0.1) is 11.3 Å². The number of hydrogen-bond acceptors (Lipinski definition) is 5. The van der Waals surface area contributed by atoms with Gasteiger partial charge < -0.3 is 15.5 Å². The Morgan fingerprint density at radius 1 is 1.39 bits per heavy atom. The molecule has 6 heteroatoms. The maximum absolute atomic E-state index is 12.4. The maximum atomic E-state index is 12.4. The van der Waals surface area contributed by atoms with E-state index in [0.29, 0.717) is 6.54 Å². The highest BCUT2D eigenvalue weighted by molar-refractivity contribution is 7.13. The summed E-state index contributed by atoms with van der Waals surface area (Å²) in [5, 5.41) is 0.836. The third-order valence-corrected chi connectivity index (χ3v) is 4.48. The molecule has 1 fully saturated rings. The van der Waals surface area contributed by atoms with Gasteiger partial charge in [0.15, 0.2) is 0 Å². The van der Waals surface area contributed by atoms with Gasteiger partial charge in [-0.2, -0.15) is 0 Å². The van der Waals surface area contributed by atoms with Gasteiger partial charge in [0.05, 0.1) is 5.69 Å². The van der Waals surface area contributed by atoms with Crippen LogP contribution < -0.4 is 5.73 Å². The molecule has 1 saturated heterocycles. The molecule has 1 aliphatic heterocycles. The Bertz CT molecular complexity index is 424. The zero-order valence-electron chi connectivity index (χ0n) is 11.0. The molecule has 0 aromatic carbocycles. The molecule has 1 aromatic heterocycles. The first-order chi connectivity index (χ1) is 8.65. The molecule has 0 aliphatic carbocycles. The quantitative estimate of drug-likeness (QED) is 0.876. The third-order valence-electron chi connectivity index (χ3n) is 3.32. The molecule has 0 spiro atoms. The Labute approximate surface area is 112 Å². The average molecular weight is 268 g/mol. The molecule has 2 heterocycles. The number of hydrogen-bond donors (Lipinski definition) is 1. The molecule has 0 bridgehead atoms. The van der Waals surface area contributed by atoms with Crippen molar-refractivity contribution in [2.75, 3.05) is 32.7 Å². The van der Waals surface area contributed by atoms with Crippen LogP contribution in [0, 0.1) is 6.92 Å². The molecule has 0 unspecified atom stereocenters. The normalized spacial score (nSPS) is 17.2. The largest absolute Gasteiger partial charge is 0.335 e. The van der Waals surface area contributed by atoms with E-state index >= 15 is 0 Å². The highest BCUT2D eigenvalue weighted by Gasteiger charge is 2.24. The van der Waals surface area contributed by atoms with Crippen LogP contribution in [0.15, 0.2) is 0 Å². The Morgan fingerprint density at radius 2 is 2.06 bits per heavy atom. The highest BCUT2D eigenvalue weighted by Crippen LogP contribution is 2.20. The summed E-state index contributed by atoms with van der Waals surface area (Å²) in [5.41, 5.74) is 6.37. The van der Waals surface area contributed by atoms with E-state index in [-0.39, 0.29) is 5.91 Å². The van der Waals surface area contributed by atoms with E-state index in [1.165, 1.54) is 11.3 Å². The van der Waals surface area contributed by atoms with Crippen LogP contribution in [0.25, 0.3) is 0 Å². The van der Waals surface area contributed by atoms with Gasteiger partial charge in [0.25, 0.3) is 5.91 Å². The van der Waals surface area contributed by atoms with E-state index in [1.54, 1.807) is 0 Å². The maximum Gasteiger partial charge on any atom is 0.265 e. The van der Waals surface area contributed by atoms with Crippen LogP contribution in [0.1, 0.15) is 27.3 Å². The first-order valence-electron chi connectivity index (χ1n) is 6.33. The van der Waals surface area contributed by atoms with Gasteiger partial charge >= 0.3 is 0 Å². The smallest absolute Gasteiger partial charge is 0.265 e. The minimum absolute atomic E-state index is 0.112. The predicted octanol–water partition coefficient (Wildman–Crippen LogP) is 0.688. The molecule has 2 N–H and O–H groups in total. The number of thiazole rings is 1. The second kappa shape index (κ2) is 5.77. The lowest BCUT2D eigenvalue weighted by atomic mass is 10.2. The van der Waals surface area contributed by atoms with Gasteiger partial charge in [-0.3, -0.25) is 4.79 Å². The summed E-state index contributed by atoms with van der Waals surface area (Å²) in [6.45, 7) is 9.03. The minimum Gasteiger partial charge on any atom is -0.335 e. The molecule has 2 rings (SSSR count). The molecular weight excluding hydrogens is 248 g/mol. The molecule has 1 amide bonds. The molecule has 1 aromatic rings. The molecule has 1 aliphatic rings. The van der Waals surface area contributed by atoms with Gasteiger partial charge in [-0.05, 0) is 13.5 Å². The zero-order chi connectivity index (χ0) is 13.1. The Kier molecular flexibility index (Phi) is 4.31. The summed E-state index contributed by atoms with van der Waals surface area (Å²) < 4.78 is 0. The molecule has 0 radical (unpaired) electrons. The van der Waals surface area contributed by atoms with Crippen molar-refractivity contribution >= 4 is 17.2 Å². The van der Waals surface area contributed by atoms with Crippen LogP contribution in [0.3, 0.4) is 0 Å². The van der Waals surface area contributed by atoms with Gasteiger partial charge in [0.1, 0.15) is 9.88 Å². The third kappa shape index (κ3) is 2.71. The molecule has 100 valence electrons. The summed E-state index contributed by atoms with van der Waals surface area (Å²) in [4.78, 5) is 21.7. The van der Waals surface area contributed by atoms with Crippen LogP contribution in [-0.4, -0.2) is 53.4 Å². The van der Waals surface area contributed by atoms with Gasteiger partial charge in [0.2, 0.25) is 0 Å². The number of carbonyl (C=O) groups is 1. The van der Waals surface area contributed by atoms with Crippen molar-refractivity contribution in [2.45, 2.75) is 20.4 Å². The predicted molar refractivity (Wildman–Crippen MR) is 72.8 cm³/mol. The lowest BCUT2D eigenvalue weighted by molar-refractivity contribution is 0.0647. The van der Waals surface area contributed by atoms with Crippen molar-refractivity contribution in [3.8, 4) is 0 Å². The molecular formula is C12H20N4OS. The SMILES string of the molecule is CCN1CCN(C(=O)c2sc(CN)nc2C)CC1. The fourth-order valence-electron chi connectivity index (χ4n) is 2.15. The number of carbonyl (C=O) groups excluding carboxylic acids is 1. The van der Waals surface area contributed by atoms with E-state index in [2.05, 4.69) is 16.8 Å². The minimum atomic E-state index is 0.112. The van der Waals surface area contributed by atoms with Crippen molar-refractivity contribution in [1.82, 2.24) is 14.8 Å². The number of aryl methyl sites for hydroxylation is 1. The fourth-order valence-corrected chi connectivity index (χ4v) is 3.06. The van der Waals surface area contributed by atoms with Crippen LogP contribution in [0.5, 0.6) is 0 Å². The number of rotatable bonds is 3. The zero-order valence-corrected chi connectivity index (χ0v) is 11.8. The van der Waals surface area contributed by atoms with E-state index in [4.69, 9.17) is 5.73 Å². The second-order valence-electron chi connectivity index (χ2n) is 4.45. The van der Waals surface area contributed by atoms with Gasteiger partial charge in [-0.25, -0.2) is 4.98 Å². The van der Waals surface area contributed by atoms with Crippen molar-refractivity contribution < 1.29 is 4.79 Å². The number of amides is 1. The summed E-state index contributed by atoms with van der Waals surface area (Å²) in [5.74, 6) is 0.112. The number of piperazine rings is 1. The van der Waals surface area contributed by atoms with Crippen molar-refractivity contribution in [3.63, 3.8) is 0 Å². The summed E-state index contributed by atoms with van der Waals surface area (Å²) in [6.07, 6.45) is 0. The van der Waals surface area contributed by atoms with Crippen molar-refractivity contribution in [1.29, 1.82) is 0 Å². The molecule has 0 saturated carbocycles. The second-order valence-corrected chi connectivity index (χ2v) is 5.54. The number of nitrogens with two attached hydrogens (primary N) is 1. The first kappa shape index (κ1) is 13.5. The van der Waals surface area contributed by atoms with E-state index < -0.39 is 0 Å².